The van der Waals surface area contributed by atoms with Crippen LogP contribution in [-0.4, -0.2) is 40.5 Å². The van der Waals surface area contributed by atoms with Crippen LogP contribution >= 0.6 is 0 Å². The molecule has 1 aromatic carbocycles. The van der Waals surface area contributed by atoms with Crippen molar-refractivity contribution < 1.29 is 14.7 Å². The molecule has 5 heteroatoms. The number of anilines is 1. The Labute approximate surface area is 191 Å². The highest BCUT2D eigenvalue weighted by Crippen LogP contribution is 2.68. The fraction of sp³-hybridized carbons (Fsp3) is 0.704. The molecule has 6 rings (SSSR count). The molecule has 0 radical (unpaired) electrons. The molecule has 2 amide bonds. The summed E-state index contributed by atoms with van der Waals surface area (Å²) in [6, 6.07) is 9.61. The van der Waals surface area contributed by atoms with Crippen LogP contribution in [0.4, 0.5) is 5.69 Å². The first-order valence-corrected chi connectivity index (χ1v) is 12.7. The summed E-state index contributed by atoms with van der Waals surface area (Å²) in [5, 5.41) is 14.2. The van der Waals surface area contributed by atoms with Crippen molar-refractivity contribution in [1.29, 1.82) is 0 Å². The van der Waals surface area contributed by atoms with Gasteiger partial charge in [-0.05, 0) is 87.2 Å². The first-order chi connectivity index (χ1) is 15.3. The Morgan fingerprint density at radius 1 is 1.06 bits per heavy atom. The van der Waals surface area contributed by atoms with Crippen LogP contribution < -0.4 is 5.32 Å². The molecule has 1 heterocycles. The van der Waals surface area contributed by atoms with E-state index in [9.17, 15) is 14.7 Å². The topological polar surface area (TPSA) is 69.6 Å². The van der Waals surface area contributed by atoms with Crippen LogP contribution in [0.2, 0.25) is 0 Å². The summed E-state index contributed by atoms with van der Waals surface area (Å²) >= 11 is 0. The number of carbonyl (C=O) groups is 2. The summed E-state index contributed by atoms with van der Waals surface area (Å²) in [5.74, 6) is 1.41. The van der Waals surface area contributed by atoms with E-state index in [2.05, 4.69) is 17.1 Å². The molecule has 174 valence electrons. The number of aliphatic hydroxyl groups is 1. The quantitative estimate of drug-likeness (QED) is 0.673. The second-order valence-electron chi connectivity index (χ2n) is 11.6. The van der Waals surface area contributed by atoms with Gasteiger partial charge in [0, 0.05) is 25.2 Å². The number of nitrogens with zero attached hydrogens (tertiary/aromatic N) is 1. The normalized spacial score (nSPS) is 36.3. The van der Waals surface area contributed by atoms with Crippen LogP contribution in [0, 0.1) is 22.7 Å². The highest BCUT2D eigenvalue weighted by atomic mass is 16.3. The number of carbonyl (C=O) groups excluding carboxylic acids is 2. The Hall–Kier alpha value is -1.88. The van der Waals surface area contributed by atoms with E-state index in [1.54, 1.807) is 0 Å². The average molecular weight is 439 g/mol. The zero-order valence-electron chi connectivity index (χ0n) is 19.4. The SMILES string of the molecule is CCC12CC3CC(O)(C1)CC(C(=O)N1CCC(CCC(=O)Nc4ccccc4)CC1)(C3)C2. The van der Waals surface area contributed by atoms with Gasteiger partial charge in [0.1, 0.15) is 0 Å². The lowest BCUT2D eigenvalue weighted by molar-refractivity contribution is -0.210. The van der Waals surface area contributed by atoms with Gasteiger partial charge in [0.2, 0.25) is 11.8 Å². The molecule has 5 nitrogen and oxygen atoms in total. The Morgan fingerprint density at radius 3 is 2.50 bits per heavy atom. The van der Waals surface area contributed by atoms with Crippen molar-refractivity contribution in [3.05, 3.63) is 30.3 Å². The highest BCUT2D eigenvalue weighted by Gasteiger charge is 2.65. The second kappa shape index (κ2) is 8.16. The number of para-hydroxylation sites is 1. The fourth-order valence-corrected chi connectivity index (χ4v) is 8.06. The third-order valence-corrected chi connectivity index (χ3v) is 9.10. The van der Waals surface area contributed by atoms with Crippen molar-refractivity contribution in [2.24, 2.45) is 22.7 Å². The monoisotopic (exact) mass is 438 g/mol. The predicted octanol–water partition coefficient (Wildman–Crippen LogP) is 4.76. The molecule has 2 N–H and O–H groups in total. The molecule has 4 unspecified atom stereocenters. The van der Waals surface area contributed by atoms with Gasteiger partial charge in [-0.2, -0.15) is 0 Å². The van der Waals surface area contributed by atoms with E-state index in [0.29, 0.717) is 30.6 Å². The van der Waals surface area contributed by atoms with Gasteiger partial charge in [-0.3, -0.25) is 9.59 Å². The lowest BCUT2D eigenvalue weighted by Gasteiger charge is -2.65. The molecular weight excluding hydrogens is 400 g/mol. The van der Waals surface area contributed by atoms with Gasteiger partial charge < -0.3 is 15.3 Å². The number of likely N-dealkylation sites (tertiary alicyclic amines) is 1. The molecule has 1 aromatic rings. The molecule has 4 saturated carbocycles. The average Bonchev–Trinajstić information content (AvgIpc) is 2.77. The molecule has 4 aliphatic carbocycles. The van der Waals surface area contributed by atoms with Gasteiger partial charge in [0.25, 0.3) is 0 Å². The molecule has 0 aromatic heterocycles. The van der Waals surface area contributed by atoms with Gasteiger partial charge in [0.05, 0.1) is 11.0 Å². The van der Waals surface area contributed by atoms with Crippen LogP contribution in [0.15, 0.2) is 30.3 Å². The van der Waals surface area contributed by atoms with Gasteiger partial charge in [0.15, 0.2) is 0 Å². The highest BCUT2D eigenvalue weighted by molar-refractivity contribution is 5.90. The number of rotatable bonds is 6. The molecule has 0 spiro atoms. The standard InChI is InChI=1S/C27H38N2O3/c1-2-25-14-21-15-26(17-25,19-27(32,16-21)18-25)24(31)29-12-10-20(11-13-29)8-9-23(30)28-22-6-4-3-5-7-22/h3-7,20-21,32H,2,8-19H2,1H3,(H,28,30). The third-order valence-electron chi connectivity index (χ3n) is 9.10. The van der Waals surface area contributed by atoms with Crippen molar-refractivity contribution in [1.82, 2.24) is 4.90 Å². The summed E-state index contributed by atoms with van der Waals surface area (Å²) in [7, 11) is 0. The summed E-state index contributed by atoms with van der Waals surface area (Å²) in [5.41, 5.74) is 0.0797. The van der Waals surface area contributed by atoms with Crippen LogP contribution in [-0.2, 0) is 9.59 Å². The minimum absolute atomic E-state index is 0.0707. The number of amides is 2. The molecule has 32 heavy (non-hydrogen) atoms. The van der Waals surface area contributed by atoms with Gasteiger partial charge >= 0.3 is 0 Å². The molecule has 1 aliphatic heterocycles. The zero-order chi connectivity index (χ0) is 22.4. The van der Waals surface area contributed by atoms with Crippen LogP contribution in [0.25, 0.3) is 0 Å². The first-order valence-electron chi connectivity index (χ1n) is 12.7. The number of benzene rings is 1. The zero-order valence-corrected chi connectivity index (χ0v) is 19.4. The summed E-state index contributed by atoms with van der Waals surface area (Å²) in [6.45, 7) is 3.84. The molecular formula is C27H38N2O3. The number of piperidine rings is 1. The predicted molar refractivity (Wildman–Crippen MR) is 125 cm³/mol. The van der Waals surface area contributed by atoms with E-state index in [0.717, 1.165) is 70.1 Å². The summed E-state index contributed by atoms with van der Waals surface area (Å²) in [6.07, 6.45) is 10.1. The maximum absolute atomic E-state index is 13.8. The van der Waals surface area contributed by atoms with Gasteiger partial charge in [-0.25, -0.2) is 0 Å². The summed E-state index contributed by atoms with van der Waals surface area (Å²) in [4.78, 5) is 28.2. The maximum Gasteiger partial charge on any atom is 0.228 e. The Balaban J connectivity index is 1.15. The van der Waals surface area contributed by atoms with E-state index in [-0.39, 0.29) is 16.7 Å². The molecule has 4 atom stereocenters. The summed E-state index contributed by atoms with van der Waals surface area (Å²) < 4.78 is 0. The fourth-order valence-electron chi connectivity index (χ4n) is 8.06. The van der Waals surface area contributed by atoms with Crippen molar-refractivity contribution in [3.8, 4) is 0 Å². The number of hydrogen-bond acceptors (Lipinski definition) is 3. The van der Waals surface area contributed by atoms with Crippen molar-refractivity contribution in [3.63, 3.8) is 0 Å². The lowest BCUT2D eigenvalue weighted by atomic mass is 9.42. The van der Waals surface area contributed by atoms with E-state index in [4.69, 9.17) is 0 Å². The smallest absolute Gasteiger partial charge is 0.228 e. The maximum atomic E-state index is 13.8. The van der Waals surface area contributed by atoms with Crippen LogP contribution in [0.5, 0.6) is 0 Å². The molecule has 4 bridgehead atoms. The molecule has 5 fully saturated rings. The largest absolute Gasteiger partial charge is 0.390 e. The lowest BCUT2D eigenvalue weighted by Crippen LogP contribution is -2.64. The van der Waals surface area contributed by atoms with Crippen molar-refractivity contribution in [2.75, 3.05) is 18.4 Å². The van der Waals surface area contributed by atoms with E-state index in [1.165, 1.54) is 6.42 Å². The second-order valence-corrected chi connectivity index (χ2v) is 11.6. The van der Waals surface area contributed by atoms with Crippen LogP contribution in [0.3, 0.4) is 0 Å². The number of hydrogen-bond donors (Lipinski definition) is 2. The van der Waals surface area contributed by atoms with Gasteiger partial charge in [-0.15, -0.1) is 0 Å². The van der Waals surface area contributed by atoms with E-state index >= 15 is 0 Å². The Kier molecular flexibility index (Phi) is 5.59. The Morgan fingerprint density at radius 2 is 1.81 bits per heavy atom. The van der Waals surface area contributed by atoms with Crippen molar-refractivity contribution in [2.45, 2.75) is 83.2 Å². The van der Waals surface area contributed by atoms with E-state index in [1.807, 2.05) is 30.3 Å². The minimum Gasteiger partial charge on any atom is -0.390 e. The van der Waals surface area contributed by atoms with Gasteiger partial charge in [-0.1, -0.05) is 31.5 Å². The molecule has 1 saturated heterocycles. The third kappa shape index (κ3) is 4.09. The van der Waals surface area contributed by atoms with Crippen molar-refractivity contribution >= 4 is 17.5 Å². The van der Waals surface area contributed by atoms with E-state index < -0.39 is 5.60 Å². The Bertz CT molecular complexity index is 865. The van der Waals surface area contributed by atoms with Crippen LogP contribution in [0.1, 0.15) is 77.6 Å². The number of nitrogens with one attached hydrogen (secondary N) is 1. The minimum atomic E-state index is -0.616. The first kappa shape index (κ1) is 21.9. The molecule has 5 aliphatic rings.